The SMILES string of the molecule is CN=C(c1ccncc1)c1nc(-c2[nH]nc3c(F)cc(-c4cncc(CN5CCCCC5)c4)cc23)[nH]c1C(C)C. The summed E-state index contributed by atoms with van der Waals surface area (Å²) in [6.07, 6.45) is 11.0. The van der Waals surface area contributed by atoms with Crippen LogP contribution in [0, 0.1) is 5.82 Å². The van der Waals surface area contributed by atoms with Gasteiger partial charge in [0.05, 0.1) is 5.71 Å². The number of aromatic amines is 2. The first kappa shape index (κ1) is 26.0. The van der Waals surface area contributed by atoms with Crippen LogP contribution in [-0.2, 0) is 6.54 Å². The van der Waals surface area contributed by atoms with E-state index >= 15 is 4.39 Å². The lowest BCUT2D eigenvalue weighted by molar-refractivity contribution is 0.220. The summed E-state index contributed by atoms with van der Waals surface area (Å²) >= 11 is 0. The Kier molecular flexibility index (Phi) is 7.21. The number of rotatable bonds is 7. The van der Waals surface area contributed by atoms with Gasteiger partial charge in [0.2, 0.25) is 0 Å². The highest BCUT2D eigenvalue weighted by Crippen LogP contribution is 2.33. The lowest BCUT2D eigenvalue weighted by Gasteiger charge is -2.26. The van der Waals surface area contributed by atoms with E-state index in [2.05, 4.69) is 55.0 Å². The summed E-state index contributed by atoms with van der Waals surface area (Å²) in [5.41, 5.74) is 7.07. The van der Waals surface area contributed by atoms with E-state index in [0.29, 0.717) is 16.9 Å². The van der Waals surface area contributed by atoms with Gasteiger partial charge in [0.1, 0.15) is 16.9 Å². The van der Waals surface area contributed by atoms with Crippen LogP contribution in [-0.4, -0.2) is 60.9 Å². The first-order valence-electron chi connectivity index (χ1n) is 13.8. The average molecular weight is 537 g/mol. The molecule has 8 nitrogen and oxygen atoms in total. The maximum Gasteiger partial charge on any atom is 0.157 e. The molecule has 0 atom stereocenters. The first-order valence-corrected chi connectivity index (χ1v) is 13.8. The molecule has 1 fully saturated rings. The Hall–Kier alpha value is -4.24. The number of hydrogen-bond donors (Lipinski definition) is 2. The van der Waals surface area contributed by atoms with Gasteiger partial charge in [-0.25, -0.2) is 9.37 Å². The van der Waals surface area contributed by atoms with Gasteiger partial charge >= 0.3 is 0 Å². The van der Waals surface area contributed by atoms with Gasteiger partial charge < -0.3 is 4.98 Å². The van der Waals surface area contributed by atoms with Crippen molar-refractivity contribution in [2.75, 3.05) is 20.1 Å². The van der Waals surface area contributed by atoms with Gasteiger partial charge in [-0.3, -0.25) is 25.0 Å². The number of piperidine rings is 1. The van der Waals surface area contributed by atoms with E-state index in [-0.39, 0.29) is 17.3 Å². The third-order valence-corrected chi connectivity index (χ3v) is 7.54. The second-order valence-electron chi connectivity index (χ2n) is 10.7. The van der Waals surface area contributed by atoms with E-state index in [1.165, 1.54) is 25.3 Å². The van der Waals surface area contributed by atoms with Crippen molar-refractivity contribution in [2.45, 2.75) is 45.6 Å². The molecule has 1 aliphatic rings. The molecule has 0 spiro atoms. The van der Waals surface area contributed by atoms with Crippen molar-refractivity contribution in [1.82, 2.24) is 35.0 Å². The molecule has 4 aromatic heterocycles. The quantitative estimate of drug-likeness (QED) is 0.244. The van der Waals surface area contributed by atoms with Crippen molar-refractivity contribution in [3.63, 3.8) is 0 Å². The predicted molar refractivity (Wildman–Crippen MR) is 156 cm³/mol. The van der Waals surface area contributed by atoms with Crippen LogP contribution >= 0.6 is 0 Å². The second-order valence-corrected chi connectivity index (χ2v) is 10.7. The Morgan fingerprint density at radius 1 is 1.02 bits per heavy atom. The number of likely N-dealkylation sites (tertiary alicyclic amines) is 1. The number of fused-ring (bicyclic) bond motifs is 1. The Morgan fingerprint density at radius 3 is 2.58 bits per heavy atom. The van der Waals surface area contributed by atoms with Crippen LogP contribution < -0.4 is 0 Å². The summed E-state index contributed by atoms with van der Waals surface area (Å²) < 4.78 is 15.4. The summed E-state index contributed by atoms with van der Waals surface area (Å²) in [5, 5.41) is 8.00. The van der Waals surface area contributed by atoms with Crippen molar-refractivity contribution in [1.29, 1.82) is 0 Å². The molecule has 9 heteroatoms. The maximum absolute atomic E-state index is 15.4. The first-order chi connectivity index (χ1) is 19.5. The molecule has 1 aliphatic heterocycles. The van der Waals surface area contributed by atoms with E-state index in [1.807, 2.05) is 24.4 Å². The molecule has 0 amide bonds. The van der Waals surface area contributed by atoms with E-state index < -0.39 is 0 Å². The summed E-state index contributed by atoms with van der Waals surface area (Å²) in [4.78, 5) is 24.1. The molecule has 0 radical (unpaired) electrons. The second kappa shape index (κ2) is 11.1. The number of nitrogens with zero attached hydrogens (tertiary/aromatic N) is 6. The van der Waals surface area contributed by atoms with Crippen LogP contribution in [0.5, 0.6) is 0 Å². The van der Waals surface area contributed by atoms with Gasteiger partial charge in [0, 0.05) is 60.6 Å². The van der Waals surface area contributed by atoms with Gasteiger partial charge in [-0.05, 0) is 73.3 Å². The monoisotopic (exact) mass is 536 g/mol. The lowest BCUT2D eigenvalue weighted by atomic mass is 10.0. The third-order valence-electron chi connectivity index (χ3n) is 7.54. The van der Waals surface area contributed by atoms with Crippen molar-refractivity contribution < 1.29 is 4.39 Å². The molecule has 5 aromatic rings. The van der Waals surface area contributed by atoms with Crippen molar-refractivity contribution in [2.24, 2.45) is 4.99 Å². The van der Waals surface area contributed by atoms with Gasteiger partial charge in [0.25, 0.3) is 0 Å². The topological polar surface area (TPSA) is 98.7 Å². The number of aliphatic imine (C=N–C) groups is 1. The fourth-order valence-electron chi connectivity index (χ4n) is 5.52. The highest BCUT2D eigenvalue weighted by atomic mass is 19.1. The van der Waals surface area contributed by atoms with Crippen LogP contribution in [0.1, 0.15) is 61.5 Å². The molecule has 5 heterocycles. The minimum Gasteiger partial charge on any atom is -0.340 e. The number of pyridine rings is 2. The number of halogens is 1. The molecule has 0 unspecified atom stereocenters. The molecular formula is C31H33FN8. The molecule has 6 rings (SSSR count). The number of benzene rings is 1. The normalized spacial score (nSPS) is 14.9. The van der Waals surface area contributed by atoms with E-state index in [1.54, 1.807) is 25.6 Å². The lowest BCUT2D eigenvalue weighted by Crippen LogP contribution is -2.29. The fourth-order valence-corrected chi connectivity index (χ4v) is 5.52. The van der Waals surface area contributed by atoms with Gasteiger partial charge in [-0.1, -0.05) is 20.3 Å². The summed E-state index contributed by atoms with van der Waals surface area (Å²) in [6, 6.07) is 9.45. The summed E-state index contributed by atoms with van der Waals surface area (Å²) in [7, 11) is 1.76. The van der Waals surface area contributed by atoms with Gasteiger partial charge in [-0.2, -0.15) is 5.10 Å². The van der Waals surface area contributed by atoms with Crippen LogP contribution in [0.25, 0.3) is 33.5 Å². The third kappa shape index (κ3) is 5.04. The molecule has 40 heavy (non-hydrogen) atoms. The Balaban J connectivity index is 1.40. The smallest absolute Gasteiger partial charge is 0.157 e. The van der Waals surface area contributed by atoms with Crippen LogP contribution in [0.4, 0.5) is 4.39 Å². The molecule has 1 aromatic carbocycles. The zero-order chi connectivity index (χ0) is 27.6. The largest absolute Gasteiger partial charge is 0.340 e. The van der Waals surface area contributed by atoms with Crippen LogP contribution in [0.15, 0.2) is 60.1 Å². The number of imidazole rings is 1. The van der Waals surface area contributed by atoms with E-state index in [9.17, 15) is 0 Å². The van der Waals surface area contributed by atoms with Gasteiger partial charge in [-0.15, -0.1) is 0 Å². The van der Waals surface area contributed by atoms with Crippen LogP contribution in [0.2, 0.25) is 0 Å². The predicted octanol–water partition coefficient (Wildman–Crippen LogP) is 6.13. The number of nitrogens with one attached hydrogen (secondary N) is 2. The van der Waals surface area contributed by atoms with Crippen LogP contribution in [0.3, 0.4) is 0 Å². The zero-order valence-corrected chi connectivity index (χ0v) is 23.1. The number of H-pyrrole nitrogens is 2. The Morgan fingerprint density at radius 2 is 1.82 bits per heavy atom. The molecule has 204 valence electrons. The van der Waals surface area contributed by atoms with Gasteiger partial charge in [0.15, 0.2) is 11.6 Å². The molecule has 2 N–H and O–H groups in total. The minimum atomic E-state index is -0.389. The zero-order valence-electron chi connectivity index (χ0n) is 23.1. The molecular weight excluding hydrogens is 503 g/mol. The highest BCUT2D eigenvalue weighted by molar-refractivity contribution is 6.12. The Bertz CT molecular complexity index is 1660. The standard InChI is InChI=1S/C31H33FN8/c1-19(2)26-30(27(33-3)21-7-9-34-10-8-21)37-31(36-26)29-24-14-22(15-25(32)28(24)38-39-29)23-13-20(16-35-17-23)18-40-11-5-4-6-12-40/h7-10,13-17,19H,4-6,11-12,18H2,1-3H3,(H,36,37)(H,38,39). The summed E-state index contributed by atoms with van der Waals surface area (Å²) in [5.74, 6) is 0.356. The van der Waals surface area contributed by atoms with E-state index in [0.717, 1.165) is 59.0 Å². The minimum absolute atomic E-state index is 0.157. The van der Waals surface area contributed by atoms with Crippen molar-refractivity contribution in [3.05, 3.63) is 83.5 Å². The summed E-state index contributed by atoms with van der Waals surface area (Å²) in [6.45, 7) is 7.28. The fraction of sp³-hybridized carbons (Fsp3) is 0.323. The van der Waals surface area contributed by atoms with E-state index in [4.69, 9.17) is 4.98 Å². The number of hydrogen-bond acceptors (Lipinski definition) is 6. The van der Waals surface area contributed by atoms with Crippen molar-refractivity contribution in [3.8, 4) is 22.6 Å². The molecule has 0 saturated carbocycles. The average Bonchev–Trinajstić information content (AvgIpc) is 3.60. The number of aromatic nitrogens is 6. The Labute approximate surface area is 232 Å². The maximum atomic E-state index is 15.4. The highest BCUT2D eigenvalue weighted by Gasteiger charge is 2.23. The molecule has 0 aliphatic carbocycles. The molecule has 1 saturated heterocycles. The molecule has 0 bridgehead atoms. The van der Waals surface area contributed by atoms with Crippen molar-refractivity contribution >= 4 is 16.6 Å².